The Labute approximate surface area is 134 Å². The van der Waals surface area contributed by atoms with Gasteiger partial charge in [0.05, 0.1) is 18.6 Å². The highest BCUT2D eigenvalue weighted by Gasteiger charge is 2.20. The van der Waals surface area contributed by atoms with Crippen LogP contribution in [0.1, 0.15) is 38.1 Å². The highest BCUT2D eigenvalue weighted by Crippen LogP contribution is 2.20. The highest BCUT2D eigenvalue weighted by atomic mass is 32.1. The average molecular weight is 331 g/mol. The van der Waals surface area contributed by atoms with Crippen LogP contribution < -0.4 is 11.1 Å². The highest BCUT2D eigenvalue weighted by molar-refractivity contribution is 7.13. The standard InChI is InChI=1S/C13H13N7O2S/c1-6(13-15-3-7(23-13)10(14)21)19-12(22)8-9-11(17-4-16-8)18-5-20(9)2/h3-6H,1-2H3,(H2,14,21)(H,19,22). The first-order valence-electron chi connectivity index (χ1n) is 6.65. The normalized spacial score (nSPS) is 12.3. The summed E-state index contributed by atoms with van der Waals surface area (Å²) in [6, 6.07) is -0.390. The molecule has 0 aliphatic heterocycles. The van der Waals surface area contributed by atoms with E-state index in [4.69, 9.17) is 5.73 Å². The van der Waals surface area contributed by atoms with Crippen LogP contribution in [0.25, 0.3) is 11.2 Å². The van der Waals surface area contributed by atoms with Crippen LogP contribution in [0.4, 0.5) is 0 Å². The molecule has 3 aromatic heterocycles. The van der Waals surface area contributed by atoms with E-state index in [0.29, 0.717) is 21.0 Å². The number of thiazole rings is 1. The molecule has 0 saturated heterocycles. The minimum Gasteiger partial charge on any atom is -0.365 e. The van der Waals surface area contributed by atoms with Crippen molar-refractivity contribution in [2.45, 2.75) is 13.0 Å². The SMILES string of the molecule is CC(NC(=O)c1ncnc2ncn(C)c12)c1ncc(C(N)=O)s1. The van der Waals surface area contributed by atoms with Gasteiger partial charge in [0, 0.05) is 7.05 Å². The first-order chi connectivity index (χ1) is 11.0. The maximum absolute atomic E-state index is 12.5. The fourth-order valence-corrected chi connectivity index (χ4v) is 2.85. The zero-order valence-electron chi connectivity index (χ0n) is 12.3. The predicted octanol–water partition coefficient (Wildman–Crippen LogP) is 0.410. The van der Waals surface area contributed by atoms with Crippen molar-refractivity contribution in [2.24, 2.45) is 12.8 Å². The number of amides is 2. The van der Waals surface area contributed by atoms with Crippen molar-refractivity contribution in [3.05, 3.63) is 34.4 Å². The van der Waals surface area contributed by atoms with E-state index >= 15 is 0 Å². The molecule has 1 atom stereocenters. The van der Waals surface area contributed by atoms with Gasteiger partial charge in [0.25, 0.3) is 11.8 Å². The molecule has 0 saturated carbocycles. The fraction of sp³-hybridized carbons (Fsp3) is 0.231. The van der Waals surface area contributed by atoms with Crippen molar-refractivity contribution in [2.75, 3.05) is 0 Å². The lowest BCUT2D eigenvalue weighted by molar-refractivity contribution is 0.0935. The molecule has 0 spiro atoms. The maximum atomic E-state index is 12.5. The van der Waals surface area contributed by atoms with E-state index < -0.39 is 5.91 Å². The summed E-state index contributed by atoms with van der Waals surface area (Å²) in [5.41, 5.74) is 6.43. The van der Waals surface area contributed by atoms with E-state index in [1.54, 1.807) is 24.9 Å². The second-order valence-corrected chi connectivity index (χ2v) is 5.93. The number of nitrogens with one attached hydrogen (secondary N) is 1. The zero-order valence-corrected chi connectivity index (χ0v) is 13.2. The Hall–Kier alpha value is -2.88. The number of fused-ring (bicyclic) bond motifs is 1. The van der Waals surface area contributed by atoms with Gasteiger partial charge in [-0.2, -0.15) is 0 Å². The summed E-state index contributed by atoms with van der Waals surface area (Å²) < 4.78 is 1.68. The number of carbonyl (C=O) groups is 2. The van der Waals surface area contributed by atoms with Crippen LogP contribution in [0.5, 0.6) is 0 Å². The van der Waals surface area contributed by atoms with Gasteiger partial charge in [-0.05, 0) is 6.92 Å². The van der Waals surface area contributed by atoms with Crippen molar-refractivity contribution < 1.29 is 9.59 Å². The Morgan fingerprint density at radius 1 is 1.30 bits per heavy atom. The number of nitrogens with two attached hydrogens (primary N) is 1. The van der Waals surface area contributed by atoms with Gasteiger partial charge in [-0.1, -0.05) is 0 Å². The monoisotopic (exact) mass is 331 g/mol. The molecule has 10 heteroatoms. The predicted molar refractivity (Wildman–Crippen MR) is 82.8 cm³/mol. The lowest BCUT2D eigenvalue weighted by atomic mass is 10.3. The smallest absolute Gasteiger partial charge is 0.272 e. The van der Waals surface area contributed by atoms with Crippen molar-refractivity contribution in [3.63, 3.8) is 0 Å². The van der Waals surface area contributed by atoms with Crippen LogP contribution in [-0.4, -0.2) is 36.3 Å². The summed E-state index contributed by atoms with van der Waals surface area (Å²) in [5, 5.41) is 3.38. The zero-order chi connectivity index (χ0) is 16.6. The molecule has 3 aromatic rings. The Morgan fingerprint density at radius 2 is 2.09 bits per heavy atom. The molecule has 9 nitrogen and oxygen atoms in total. The van der Waals surface area contributed by atoms with Gasteiger partial charge < -0.3 is 15.6 Å². The third-order valence-electron chi connectivity index (χ3n) is 3.21. The molecule has 0 aliphatic rings. The number of hydrogen-bond acceptors (Lipinski definition) is 7. The number of imidazole rings is 1. The molecule has 3 heterocycles. The largest absolute Gasteiger partial charge is 0.365 e. The Bertz CT molecular complexity index is 901. The minimum absolute atomic E-state index is 0.230. The fourth-order valence-electron chi connectivity index (χ4n) is 2.08. The van der Waals surface area contributed by atoms with Gasteiger partial charge in [0.1, 0.15) is 21.7 Å². The molecule has 1 unspecified atom stereocenters. The van der Waals surface area contributed by atoms with Gasteiger partial charge >= 0.3 is 0 Å². The van der Waals surface area contributed by atoms with E-state index in [1.165, 1.54) is 12.5 Å². The molecule has 0 aliphatic carbocycles. The second-order valence-electron chi connectivity index (χ2n) is 4.87. The Balaban J connectivity index is 1.85. The molecule has 0 fully saturated rings. The van der Waals surface area contributed by atoms with Gasteiger partial charge in [-0.3, -0.25) is 9.59 Å². The molecular formula is C13H13N7O2S. The molecule has 23 heavy (non-hydrogen) atoms. The number of nitrogens with zero attached hydrogens (tertiary/aromatic N) is 5. The lowest BCUT2D eigenvalue weighted by Crippen LogP contribution is -2.28. The van der Waals surface area contributed by atoms with Crippen LogP contribution >= 0.6 is 11.3 Å². The number of hydrogen-bond donors (Lipinski definition) is 2. The number of carbonyl (C=O) groups excluding carboxylic acids is 2. The van der Waals surface area contributed by atoms with Gasteiger partial charge in [-0.25, -0.2) is 19.9 Å². The molecule has 3 rings (SSSR count). The topological polar surface area (TPSA) is 129 Å². The van der Waals surface area contributed by atoms with Gasteiger partial charge in [0.2, 0.25) is 0 Å². The summed E-state index contributed by atoms with van der Waals surface area (Å²) in [7, 11) is 1.76. The molecular weight excluding hydrogens is 318 g/mol. The average Bonchev–Trinajstić information content (AvgIpc) is 3.14. The summed E-state index contributed by atoms with van der Waals surface area (Å²) >= 11 is 1.14. The first kappa shape index (κ1) is 15.0. The van der Waals surface area contributed by atoms with Crippen molar-refractivity contribution >= 4 is 34.3 Å². The van der Waals surface area contributed by atoms with E-state index in [1.807, 2.05) is 0 Å². The molecule has 0 aromatic carbocycles. The van der Waals surface area contributed by atoms with Gasteiger partial charge in [-0.15, -0.1) is 11.3 Å². The number of aromatic nitrogens is 5. The molecule has 3 N–H and O–H groups in total. The summed E-state index contributed by atoms with van der Waals surface area (Å²) in [6.45, 7) is 1.77. The number of rotatable bonds is 4. The van der Waals surface area contributed by atoms with Crippen molar-refractivity contribution in [1.82, 2.24) is 29.8 Å². The van der Waals surface area contributed by atoms with Crippen molar-refractivity contribution in [1.29, 1.82) is 0 Å². The molecule has 0 radical (unpaired) electrons. The van der Waals surface area contributed by atoms with Crippen molar-refractivity contribution in [3.8, 4) is 0 Å². The van der Waals surface area contributed by atoms with E-state index in [-0.39, 0.29) is 17.6 Å². The van der Waals surface area contributed by atoms with Crippen LogP contribution in [0, 0.1) is 0 Å². The van der Waals surface area contributed by atoms with E-state index in [9.17, 15) is 9.59 Å². The summed E-state index contributed by atoms with van der Waals surface area (Å²) in [4.78, 5) is 40.2. The molecule has 2 amide bonds. The van der Waals surface area contributed by atoms with Crippen LogP contribution in [0.3, 0.4) is 0 Å². The third kappa shape index (κ3) is 2.75. The second kappa shape index (κ2) is 5.72. The number of aryl methyl sites for hydroxylation is 1. The van der Waals surface area contributed by atoms with Gasteiger partial charge in [0.15, 0.2) is 11.3 Å². The van der Waals surface area contributed by atoms with Crippen LogP contribution in [0.15, 0.2) is 18.9 Å². The maximum Gasteiger partial charge on any atom is 0.272 e. The van der Waals surface area contributed by atoms with Crippen LogP contribution in [-0.2, 0) is 7.05 Å². The van der Waals surface area contributed by atoms with Crippen LogP contribution in [0.2, 0.25) is 0 Å². The quantitative estimate of drug-likeness (QED) is 0.712. The Kier molecular flexibility index (Phi) is 3.74. The Morgan fingerprint density at radius 3 is 2.78 bits per heavy atom. The van der Waals surface area contributed by atoms with E-state index in [0.717, 1.165) is 11.3 Å². The summed E-state index contributed by atoms with van der Waals surface area (Å²) in [5.74, 6) is -0.913. The summed E-state index contributed by atoms with van der Waals surface area (Å²) in [6.07, 6.45) is 4.26. The minimum atomic E-state index is -0.542. The molecule has 0 bridgehead atoms. The lowest BCUT2D eigenvalue weighted by Gasteiger charge is -2.11. The number of primary amides is 1. The van der Waals surface area contributed by atoms with E-state index in [2.05, 4.69) is 25.3 Å². The third-order valence-corrected chi connectivity index (χ3v) is 4.40. The first-order valence-corrected chi connectivity index (χ1v) is 7.47. The molecule has 118 valence electrons.